The third-order valence-corrected chi connectivity index (χ3v) is 2.45. The lowest BCUT2D eigenvalue weighted by molar-refractivity contribution is -0.137. The monoisotopic (exact) mass is 290 g/mol. The van der Waals surface area contributed by atoms with Crippen LogP contribution in [0, 0.1) is 0 Å². The molecule has 0 unspecified atom stereocenters. The number of anilines is 1. The van der Waals surface area contributed by atoms with Gasteiger partial charge in [-0.2, -0.15) is 13.2 Å². The van der Waals surface area contributed by atoms with Gasteiger partial charge in [-0.1, -0.05) is 0 Å². The molecule has 1 aromatic carbocycles. The first-order valence-electron chi connectivity index (χ1n) is 5.64. The predicted octanol–water partition coefficient (Wildman–Crippen LogP) is 1.95. The van der Waals surface area contributed by atoms with Crippen molar-refractivity contribution in [3.8, 4) is 0 Å². The molecule has 0 aliphatic heterocycles. The summed E-state index contributed by atoms with van der Waals surface area (Å²) in [5.74, 6) is -2.03. The number of carboxylic acid groups (broad SMARTS) is 1. The van der Waals surface area contributed by atoms with E-state index in [1.54, 1.807) is 7.05 Å². The molecule has 0 atom stereocenters. The molecule has 0 bridgehead atoms. The molecule has 1 aromatic rings. The molecule has 0 aliphatic rings. The Labute approximate surface area is 112 Å². The van der Waals surface area contributed by atoms with Gasteiger partial charge in [0.1, 0.15) is 0 Å². The molecular formula is C12H13F3N2O3. The van der Waals surface area contributed by atoms with E-state index in [0.717, 1.165) is 12.1 Å². The first-order valence-corrected chi connectivity index (χ1v) is 5.64. The molecule has 0 saturated heterocycles. The molecule has 0 heterocycles. The number of carbonyl (C=O) groups is 2. The van der Waals surface area contributed by atoms with Gasteiger partial charge in [0.15, 0.2) is 0 Å². The van der Waals surface area contributed by atoms with E-state index in [0.29, 0.717) is 12.6 Å². The summed E-state index contributed by atoms with van der Waals surface area (Å²) in [5, 5.41) is 13.9. The van der Waals surface area contributed by atoms with Gasteiger partial charge in [-0.05, 0) is 25.2 Å². The van der Waals surface area contributed by atoms with Crippen LogP contribution in [0.25, 0.3) is 0 Å². The summed E-state index contributed by atoms with van der Waals surface area (Å²) >= 11 is 0. The highest BCUT2D eigenvalue weighted by molar-refractivity contribution is 6.00. The van der Waals surface area contributed by atoms with Crippen LogP contribution >= 0.6 is 0 Å². The largest absolute Gasteiger partial charge is 0.478 e. The number of benzene rings is 1. The number of carbonyl (C=O) groups excluding carboxylic acids is 1. The highest BCUT2D eigenvalue weighted by Crippen LogP contribution is 2.31. The van der Waals surface area contributed by atoms with Crippen LogP contribution in [0.5, 0.6) is 0 Å². The Morgan fingerprint density at radius 2 is 1.95 bits per heavy atom. The van der Waals surface area contributed by atoms with E-state index < -0.39 is 29.2 Å². The van der Waals surface area contributed by atoms with Crippen molar-refractivity contribution < 1.29 is 27.9 Å². The van der Waals surface area contributed by atoms with Crippen LogP contribution in [0.3, 0.4) is 0 Å². The summed E-state index contributed by atoms with van der Waals surface area (Å²) in [5.41, 5.74) is -1.84. The maximum absolute atomic E-state index is 12.5. The second-order valence-electron chi connectivity index (χ2n) is 3.97. The second-order valence-corrected chi connectivity index (χ2v) is 3.97. The fourth-order valence-corrected chi connectivity index (χ4v) is 1.46. The lowest BCUT2D eigenvalue weighted by Gasteiger charge is -2.12. The molecule has 5 nitrogen and oxygen atoms in total. The number of nitrogens with one attached hydrogen (secondary N) is 2. The van der Waals surface area contributed by atoms with Gasteiger partial charge in [-0.3, -0.25) is 4.79 Å². The molecule has 1 rings (SSSR count). The zero-order valence-electron chi connectivity index (χ0n) is 10.5. The summed E-state index contributed by atoms with van der Waals surface area (Å²) < 4.78 is 37.5. The van der Waals surface area contributed by atoms with Crippen molar-refractivity contribution in [2.45, 2.75) is 12.6 Å². The van der Waals surface area contributed by atoms with Gasteiger partial charge in [0, 0.05) is 13.0 Å². The van der Waals surface area contributed by atoms with Crippen LogP contribution in [0.2, 0.25) is 0 Å². The summed E-state index contributed by atoms with van der Waals surface area (Å²) in [7, 11) is 1.63. The zero-order chi connectivity index (χ0) is 15.3. The Kier molecular flexibility index (Phi) is 5.09. The standard InChI is InChI=1S/C12H13F3N2O3/c1-16-5-4-10(18)17-9-3-2-7(12(13,14)15)6-8(9)11(19)20/h2-3,6,16H,4-5H2,1H3,(H,17,18)(H,19,20). The fourth-order valence-electron chi connectivity index (χ4n) is 1.46. The predicted molar refractivity (Wildman–Crippen MR) is 65.6 cm³/mol. The van der Waals surface area contributed by atoms with Gasteiger partial charge < -0.3 is 15.7 Å². The third-order valence-electron chi connectivity index (χ3n) is 2.45. The highest BCUT2D eigenvalue weighted by atomic mass is 19.4. The van der Waals surface area contributed by atoms with Gasteiger partial charge in [0.05, 0.1) is 16.8 Å². The normalized spacial score (nSPS) is 11.2. The van der Waals surface area contributed by atoms with Crippen LogP contribution in [0.4, 0.5) is 18.9 Å². The Bertz CT molecular complexity index is 515. The van der Waals surface area contributed by atoms with E-state index in [9.17, 15) is 22.8 Å². The molecule has 0 spiro atoms. The van der Waals surface area contributed by atoms with Crippen molar-refractivity contribution in [1.29, 1.82) is 0 Å². The van der Waals surface area contributed by atoms with Crippen molar-refractivity contribution in [1.82, 2.24) is 5.32 Å². The number of hydrogen-bond acceptors (Lipinski definition) is 3. The van der Waals surface area contributed by atoms with Crippen molar-refractivity contribution in [2.75, 3.05) is 18.9 Å². The van der Waals surface area contributed by atoms with Crippen molar-refractivity contribution in [3.05, 3.63) is 29.3 Å². The summed E-state index contributed by atoms with van der Waals surface area (Å²) in [6.45, 7) is 0.370. The average molecular weight is 290 g/mol. The number of halogens is 3. The van der Waals surface area contributed by atoms with Gasteiger partial charge in [-0.25, -0.2) is 4.79 Å². The number of hydrogen-bond donors (Lipinski definition) is 3. The number of amides is 1. The maximum Gasteiger partial charge on any atom is 0.416 e. The second kappa shape index (κ2) is 6.38. The molecule has 1 amide bonds. The fraction of sp³-hybridized carbons (Fsp3) is 0.333. The molecule has 0 aliphatic carbocycles. The minimum atomic E-state index is -4.64. The zero-order valence-corrected chi connectivity index (χ0v) is 10.5. The summed E-state index contributed by atoms with van der Waals surface area (Å²) in [6.07, 6.45) is -4.56. The van der Waals surface area contributed by atoms with Crippen molar-refractivity contribution in [3.63, 3.8) is 0 Å². The average Bonchev–Trinajstić information content (AvgIpc) is 2.35. The number of rotatable bonds is 5. The van der Waals surface area contributed by atoms with E-state index in [4.69, 9.17) is 5.11 Å². The third kappa shape index (κ3) is 4.23. The number of carboxylic acids is 1. The molecule has 0 fully saturated rings. The summed E-state index contributed by atoms with van der Waals surface area (Å²) in [6, 6.07) is 2.15. The van der Waals surface area contributed by atoms with Gasteiger partial charge in [0.2, 0.25) is 5.91 Å². The highest BCUT2D eigenvalue weighted by Gasteiger charge is 2.31. The van der Waals surface area contributed by atoms with Crippen LogP contribution in [0.15, 0.2) is 18.2 Å². The maximum atomic E-state index is 12.5. The quantitative estimate of drug-likeness (QED) is 0.774. The minimum Gasteiger partial charge on any atom is -0.478 e. The Balaban J connectivity index is 3.02. The van der Waals surface area contributed by atoms with Crippen molar-refractivity contribution >= 4 is 17.6 Å². The van der Waals surface area contributed by atoms with Gasteiger partial charge in [-0.15, -0.1) is 0 Å². The van der Waals surface area contributed by atoms with Crippen LogP contribution in [0.1, 0.15) is 22.3 Å². The lowest BCUT2D eigenvalue weighted by Crippen LogP contribution is -2.20. The van der Waals surface area contributed by atoms with E-state index >= 15 is 0 Å². The van der Waals surface area contributed by atoms with Gasteiger partial charge >= 0.3 is 12.1 Å². The minimum absolute atomic E-state index is 0.0799. The van der Waals surface area contributed by atoms with Gasteiger partial charge in [0.25, 0.3) is 0 Å². The molecule has 0 aromatic heterocycles. The molecule has 20 heavy (non-hydrogen) atoms. The lowest BCUT2D eigenvalue weighted by atomic mass is 10.1. The van der Waals surface area contributed by atoms with Crippen LogP contribution < -0.4 is 10.6 Å². The Hall–Kier alpha value is -2.09. The molecule has 110 valence electrons. The van der Waals surface area contributed by atoms with E-state index in [-0.39, 0.29) is 12.1 Å². The number of aromatic carboxylic acids is 1. The van der Waals surface area contributed by atoms with E-state index in [2.05, 4.69) is 10.6 Å². The molecule has 0 saturated carbocycles. The van der Waals surface area contributed by atoms with Crippen molar-refractivity contribution in [2.24, 2.45) is 0 Å². The van der Waals surface area contributed by atoms with Crippen LogP contribution in [-0.2, 0) is 11.0 Å². The molecule has 8 heteroatoms. The number of alkyl halides is 3. The molecule has 0 radical (unpaired) electrons. The first-order chi connectivity index (χ1) is 9.25. The SMILES string of the molecule is CNCCC(=O)Nc1ccc(C(F)(F)F)cc1C(=O)O. The first kappa shape index (κ1) is 16.0. The topological polar surface area (TPSA) is 78.4 Å². The smallest absolute Gasteiger partial charge is 0.416 e. The van der Waals surface area contributed by atoms with Crippen LogP contribution in [-0.4, -0.2) is 30.6 Å². The molecule has 3 N–H and O–H groups in total. The van der Waals surface area contributed by atoms with E-state index in [1.807, 2.05) is 0 Å². The summed E-state index contributed by atoms with van der Waals surface area (Å²) in [4.78, 5) is 22.4. The van der Waals surface area contributed by atoms with E-state index in [1.165, 1.54) is 0 Å². The Morgan fingerprint density at radius 1 is 1.30 bits per heavy atom. The molecular weight excluding hydrogens is 277 g/mol. The Morgan fingerprint density at radius 3 is 2.45 bits per heavy atom.